The van der Waals surface area contributed by atoms with Crippen LogP contribution in [0.5, 0.6) is 0 Å². The fraction of sp³-hybridized carbons (Fsp3) is 0.105. The molecule has 3 aromatic heterocycles. The van der Waals surface area contributed by atoms with Crippen LogP contribution >= 0.6 is 0 Å². The summed E-state index contributed by atoms with van der Waals surface area (Å²) in [7, 11) is 0. The first kappa shape index (κ1) is 24.6. The van der Waals surface area contributed by atoms with Crippen molar-refractivity contribution in [1.29, 1.82) is 0 Å². The molecule has 5 aromatic carbocycles. The molecule has 0 unspecified atom stereocenters. The molecule has 1 N–H and O–H groups in total. The molecule has 0 aliphatic rings. The third-order valence-electron chi connectivity index (χ3n) is 8.26. The van der Waals surface area contributed by atoms with Crippen molar-refractivity contribution in [2.45, 2.75) is 26.3 Å². The topological polar surface area (TPSA) is 46.5 Å². The zero-order valence-corrected chi connectivity index (χ0v) is 23.9. The molecule has 0 bridgehead atoms. The van der Waals surface area contributed by atoms with Gasteiger partial charge in [-0.3, -0.25) is 4.98 Å². The summed E-state index contributed by atoms with van der Waals surface area (Å²) in [4.78, 5) is 13.9. The number of aromatic amines is 1. The SMILES string of the molecule is CC(C)(C)n1c(-c2cccc3c2[nH]c2ccccc23)nc2c(-c3cccc(-c4nccc5ccccc45)c3)cccc21. The fourth-order valence-corrected chi connectivity index (χ4v) is 6.44. The van der Waals surface area contributed by atoms with Crippen molar-refractivity contribution < 1.29 is 0 Å². The first-order valence-corrected chi connectivity index (χ1v) is 14.4. The van der Waals surface area contributed by atoms with Crippen molar-refractivity contribution in [2.24, 2.45) is 0 Å². The highest BCUT2D eigenvalue weighted by atomic mass is 15.1. The Kier molecular flexibility index (Phi) is 5.35. The van der Waals surface area contributed by atoms with Gasteiger partial charge < -0.3 is 9.55 Å². The average Bonchev–Trinajstić information content (AvgIpc) is 3.60. The number of para-hydroxylation sites is 3. The van der Waals surface area contributed by atoms with Crippen LogP contribution in [0, 0.1) is 0 Å². The Morgan fingerprint density at radius 3 is 2.24 bits per heavy atom. The number of hydrogen-bond donors (Lipinski definition) is 1. The molecule has 0 fully saturated rings. The molecule has 3 heterocycles. The van der Waals surface area contributed by atoms with Crippen LogP contribution in [-0.4, -0.2) is 19.5 Å². The predicted octanol–water partition coefficient (Wildman–Crippen LogP) is 9.97. The van der Waals surface area contributed by atoms with Crippen LogP contribution in [0.4, 0.5) is 0 Å². The zero-order valence-electron chi connectivity index (χ0n) is 23.9. The molecule has 8 aromatic rings. The second-order valence-corrected chi connectivity index (χ2v) is 12.0. The van der Waals surface area contributed by atoms with E-state index in [4.69, 9.17) is 9.97 Å². The van der Waals surface area contributed by atoms with Crippen LogP contribution in [-0.2, 0) is 5.54 Å². The van der Waals surface area contributed by atoms with Gasteiger partial charge in [-0.05, 0) is 62.1 Å². The quantitative estimate of drug-likeness (QED) is 0.241. The number of H-pyrrole nitrogens is 1. The number of imidazole rings is 1. The van der Waals surface area contributed by atoms with E-state index in [-0.39, 0.29) is 5.54 Å². The Balaban J connectivity index is 1.37. The second-order valence-electron chi connectivity index (χ2n) is 12.0. The van der Waals surface area contributed by atoms with Gasteiger partial charge in [0.25, 0.3) is 0 Å². The number of hydrogen-bond acceptors (Lipinski definition) is 2. The van der Waals surface area contributed by atoms with E-state index < -0.39 is 0 Å². The Hall–Kier alpha value is -5.22. The van der Waals surface area contributed by atoms with Crippen LogP contribution in [0.3, 0.4) is 0 Å². The summed E-state index contributed by atoms with van der Waals surface area (Å²) in [6.45, 7) is 6.76. The summed E-state index contributed by atoms with van der Waals surface area (Å²) in [5.74, 6) is 0.967. The third-order valence-corrected chi connectivity index (χ3v) is 8.26. The lowest BCUT2D eigenvalue weighted by Crippen LogP contribution is -2.22. The van der Waals surface area contributed by atoms with Gasteiger partial charge in [-0.25, -0.2) is 4.98 Å². The Labute approximate surface area is 244 Å². The average molecular weight is 543 g/mol. The van der Waals surface area contributed by atoms with E-state index in [2.05, 4.69) is 146 Å². The highest BCUT2D eigenvalue weighted by Gasteiger charge is 2.25. The smallest absolute Gasteiger partial charge is 0.143 e. The monoisotopic (exact) mass is 542 g/mol. The van der Waals surface area contributed by atoms with Gasteiger partial charge in [0.15, 0.2) is 0 Å². The van der Waals surface area contributed by atoms with Crippen molar-refractivity contribution in [2.75, 3.05) is 0 Å². The number of nitrogens with zero attached hydrogens (tertiary/aromatic N) is 3. The van der Waals surface area contributed by atoms with Crippen molar-refractivity contribution in [3.63, 3.8) is 0 Å². The third kappa shape index (κ3) is 3.76. The van der Waals surface area contributed by atoms with Crippen LogP contribution in [0.2, 0.25) is 0 Å². The highest BCUT2D eigenvalue weighted by molar-refractivity contribution is 6.12. The molecule has 202 valence electrons. The molecule has 0 spiro atoms. The van der Waals surface area contributed by atoms with Gasteiger partial charge >= 0.3 is 0 Å². The van der Waals surface area contributed by atoms with Crippen molar-refractivity contribution in [3.05, 3.63) is 121 Å². The van der Waals surface area contributed by atoms with Crippen LogP contribution < -0.4 is 0 Å². The maximum atomic E-state index is 5.43. The number of aromatic nitrogens is 4. The van der Waals surface area contributed by atoms with Crippen molar-refractivity contribution in [3.8, 4) is 33.8 Å². The van der Waals surface area contributed by atoms with E-state index in [1.165, 1.54) is 16.2 Å². The summed E-state index contributed by atoms with van der Waals surface area (Å²) in [5, 5.41) is 4.79. The molecular formula is C38H30N4. The number of fused-ring (bicyclic) bond motifs is 5. The van der Waals surface area contributed by atoms with Gasteiger partial charge in [-0.2, -0.15) is 0 Å². The number of pyridine rings is 1. The lowest BCUT2D eigenvalue weighted by Gasteiger charge is -2.25. The predicted molar refractivity (Wildman–Crippen MR) is 176 cm³/mol. The summed E-state index contributed by atoms with van der Waals surface area (Å²) in [6, 6.07) is 40.8. The zero-order chi connectivity index (χ0) is 28.4. The molecule has 42 heavy (non-hydrogen) atoms. The minimum atomic E-state index is -0.189. The molecule has 4 heteroatoms. The number of benzene rings is 5. The van der Waals surface area contributed by atoms with Crippen LogP contribution in [0.15, 0.2) is 121 Å². The van der Waals surface area contributed by atoms with Crippen molar-refractivity contribution in [1.82, 2.24) is 19.5 Å². The van der Waals surface area contributed by atoms with E-state index >= 15 is 0 Å². The summed E-state index contributed by atoms with van der Waals surface area (Å²) in [6.07, 6.45) is 1.90. The van der Waals surface area contributed by atoms with E-state index in [0.29, 0.717) is 0 Å². The molecule has 4 nitrogen and oxygen atoms in total. The largest absolute Gasteiger partial charge is 0.354 e. The molecule has 0 aliphatic carbocycles. The fourth-order valence-electron chi connectivity index (χ4n) is 6.44. The summed E-state index contributed by atoms with van der Waals surface area (Å²) < 4.78 is 2.39. The summed E-state index contributed by atoms with van der Waals surface area (Å²) >= 11 is 0. The second kappa shape index (κ2) is 9.15. The lowest BCUT2D eigenvalue weighted by molar-refractivity contribution is 0.413. The molecule has 0 saturated carbocycles. The highest BCUT2D eigenvalue weighted by Crippen LogP contribution is 2.40. The minimum Gasteiger partial charge on any atom is -0.354 e. The van der Waals surface area contributed by atoms with Gasteiger partial charge in [0.2, 0.25) is 0 Å². The molecule has 0 atom stereocenters. The van der Waals surface area contributed by atoms with Crippen LogP contribution in [0.1, 0.15) is 20.8 Å². The molecule has 0 radical (unpaired) electrons. The van der Waals surface area contributed by atoms with Crippen LogP contribution in [0.25, 0.3) is 77.4 Å². The van der Waals surface area contributed by atoms with E-state index in [1.807, 2.05) is 6.20 Å². The minimum absolute atomic E-state index is 0.189. The van der Waals surface area contributed by atoms with E-state index in [1.54, 1.807) is 0 Å². The van der Waals surface area contributed by atoms with Gasteiger partial charge in [-0.1, -0.05) is 84.9 Å². The number of rotatable bonds is 3. The Bertz CT molecular complexity index is 2290. The van der Waals surface area contributed by atoms with Gasteiger partial charge in [0.05, 0.1) is 22.2 Å². The van der Waals surface area contributed by atoms with E-state index in [9.17, 15) is 0 Å². The maximum absolute atomic E-state index is 5.43. The first-order valence-electron chi connectivity index (χ1n) is 14.4. The van der Waals surface area contributed by atoms with Crippen molar-refractivity contribution >= 4 is 43.6 Å². The lowest BCUT2D eigenvalue weighted by atomic mass is 9.98. The standard InChI is InChI=1S/C38H30N4/c1-38(2,3)42-33-20-10-16-28(25-12-8-13-26(23-25)34-27-14-5-4-11-24(27)21-22-39-34)36(33)41-37(42)31-18-9-17-30-29-15-6-7-19-32(29)40-35(30)31/h4-23,40H,1-3H3. The van der Waals surface area contributed by atoms with Gasteiger partial charge in [-0.15, -0.1) is 0 Å². The molecule has 0 amide bonds. The first-order chi connectivity index (χ1) is 20.5. The van der Waals surface area contributed by atoms with E-state index in [0.717, 1.165) is 61.2 Å². The van der Waals surface area contributed by atoms with Gasteiger partial charge in [0, 0.05) is 50.1 Å². The number of nitrogens with one attached hydrogen (secondary N) is 1. The van der Waals surface area contributed by atoms with Gasteiger partial charge in [0.1, 0.15) is 5.82 Å². The molecule has 0 aliphatic heterocycles. The molecule has 8 rings (SSSR count). The maximum Gasteiger partial charge on any atom is 0.143 e. The normalized spacial score (nSPS) is 12.2. The Morgan fingerprint density at radius 1 is 0.643 bits per heavy atom. The molecule has 0 saturated heterocycles. The molecular weight excluding hydrogens is 512 g/mol. The summed E-state index contributed by atoms with van der Waals surface area (Å²) in [5.41, 5.74) is 9.62. The Morgan fingerprint density at radius 2 is 1.36 bits per heavy atom.